The van der Waals surface area contributed by atoms with Crippen molar-refractivity contribution in [3.63, 3.8) is 0 Å². The van der Waals surface area contributed by atoms with Gasteiger partial charge in [-0.1, -0.05) is 12.1 Å². The summed E-state index contributed by atoms with van der Waals surface area (Å²) in [4.78, 5) is 4.32. The maximum Gasteiger partial charge on any atom is 0.129 e. The fraction of sp³-hybridized carbons (Fsp3) is 0.250. The van der Waals surface area contributed by atoms with E-state index in [-0.39, 0.29) is 5.82 Å². The normalized spacial score (nSPS) is 10.2. The van der Waals surface area contributed by atoms with E-state index in [1.165, 1.54) is 0 Å². The lowest BCUT2D eigenvalue weighted by atomic mass is 10.1. The SMILES string of the molecule is Cc1cc(C#N)cc(NCc2cc(C)c(F)c(C)c2)n1. The number of aromatic nitrogens is 1. The topological polar surface area (TPSA) is 48.7 Å². The van der Waals surface area contributed by atoms with Crippen LogP contribution in [-0.4, -0.2) is 4.98 Å². The van der Waals surface area contributed by atoms with E-state index in [1.54, 1.807) is 26.0 Å². The molecule has 0 aliphatic carbocycles. The smallest absolute Gasteiger partial charge is 0.129 e. The summed E-state index contributed by atoms with van der Waals surface area (Å²) in [6, 6.07) is 9.17. The van der Waals surface area contributed by atoms with Gasteiger partial charge in [0.1, 0.15) is 11.6 Å². The molecule has 0 saturated heterocycles. The van der Waals surface area contributed by atoms with Crippen molar-refractivity contribution in [3.05, 3.63) is 58.0 Å². The van der Waals surface area contributed by atoms with E-state index in [0.29, 0.717) is 29.1 Å². The number of rotatable bonds is 3. The number of nitriles is 1. The molecular formula is C16H16FN3. The Labute approximate surface area is 118 Å². The third kappa shape index (κ3) is 3.12. The molecule has 1 aromatic carbocycles. The van der Waals surface area contributed by atoms with Crippen LogP contribution in [0.15, 0.2) is 24.3 Å². The second-order valence-corrected chi connectivity index (χ2v) is 4.89. The van der Waals surface area contributed by atoms with Gasteiger partial charge in [-0.25, -0.2) is 9.37 Å². The van der Waals surface area contributed by atoms with Crippen molar-refractivity contribution < 1.29 is 4.39 Å². The Morgan fingerprint density at radius 2 is 1.80 bits per heavy atom. The largest absolute Gasteiger partial charge is 0.366 e. The highest BCUT2D eigenvalue weighted by Crippen LogP contribution is 2.16. The number of benzene rings is 1. The van der Waals surface area contributed by atoms with E-state index in [0.717, 1.165) is 11.3 Å². The fourth-order valence-corrected chi connectivity index (χ4v) is 2.15. The highest BCUT2D eigenvalue weighted by molar-refractivity contribution is 5.45. The summed E-state index contributed by atoms with van der Waals surface area (Å²) in [5.74, 6) is 0.496. The molecule has 0 saturated carbocycles. The van der Waals surface area contributed by atoms with Gasteiger partial charge in [0.15, 0.2) is 0 Å². The van der Waals surface area contributed by atoms with E-state index < -0.39 is 0 Å². The molecule has 20 heavy (non-hydrogen) atoms. The first-order valence-corrected chi connectivity index (χ1v) is 6.38. The molecule has 0 amide bonds. The molecule has 0 atom stereocenters. The molecule has 0 bridgehead atoms. The van der Waals surface area contributed by atoms with E-state index in [4.69, 9.17) is 5.26 Å². The number of hydrogen-bond donors (Lipinski definition) is 1. The molecule has 102 valence electrons. The van der Waals surface area contributed by atoms with Gasteiger partial charge in [-0.05, 0) is 49.6 Å². The van der Waals surface area contributed by atoms with Crippen LogP contribution >= 0.6 is 0 Å². The minimum Gasteiger partial charge on any atom is -0.366 e. The second kappa shape index (κ2) is 5.70. The molecule has 1 aromatic heterocycles. The van der Waals surface area contributed by atoms with Crippen LogP contribution in [0.4, 0.5) is 10.2 Å². The van der Waals surface area contributed by atoms with Gasteiger partial charge in [-0.3, -0.25) is 0 Å². The quantitative estimate of drug-likeness (QED) is 0.925. The van der Waals surface area contributed by atoms with Crippen molar-refractivity contribution in [2.24, 2.45) is 0 Å². The first-order chi connectivity index (χ1) is 9.49. The molecule has 2 rings (SSSR count). The van der Waals surface area contributed by atoms with Crippen molar-refractivity contribution in [1.29, 1.82) is 5.26 Å². The Kier molecular flexibility index (Phi) is 3.99. The van der Waals surface area contributed by atoms with Gasteiger partial charge in [0, 0.05) is 12.2 Å². The number of hydrogen-bond acceptors (Lipinski definition) is 3. The van der Waals surface area contributed by atoms with Gasteiger partial charge in [0.25, 0.3) is 0 Å². The minimum absolute atomic E-state index is 0.158. The van der Waals surface area contributed by atoms with E-state index >= 15 is 0 Å². The summed E-state index contributed by atoms with van der Waals surface area (Å²) < 4.78 is 13.6. The zero-order chi connectivity index (χ0) is 14.7. The minimum atomic E-state index is -0.158. The summed E-state index contributed by atoms with van der Waals surface area (Å²) in [6.07, 6.45) is 0. The summed E-state index contributed by atoms with van der Waals surface area (Å²) in [5, 5.41) is 12.1. The van der Waals surface area contributed by atoms with E-state index in [9.17, 15) is 4.39 Å². The second-order valence-electron chi connectivity index (χ2n) is 4.89. The maximum atomic E-state index is 13.6. The Morgan fingerprint density at radius 3 is 2.40 bits per heavy atom. The third-order valence-corrected chi connectivity index (χ3v) is 3.05. The Balaban J connectivity index is 2.17. The average Bonchev–Trinajstić information content (AvgIpc) is 2.41. The average molecular weight is 269 g/mol. The van der Waals surface area contributed by atoms with E-state index in [2.05, 4.69) is 16.4 Å². The zero-order valence-corrected chi connectivity index (χ0v) is 11.8. The van der Waals surface area contributed by atoms with Crippen LogP contribution in [0.2, 0.25) is 0 Å². The number of halogens is 1. The summed E-state index contributed by atoms with van der Waals surface area (Å²) in [6.45, 7) is 5.90. The molecule has 2 aromatic rings. The molecule has 4 heteroatoms. The van der Waals surface area contributed by atoms with Crippen LogP contribution in [-0.2, 0) is 6.54 Å². The van der Waals surface area contributed by atoms with Crippen LogP contribution in [0.3, 0.4) is 0 Å². The standard InChI is InChI=1S/C16H16FN3/c1-10-4-14(5-11(2)16(10)17)9-19-15-7-13(8-18)6-12(3)20-15/h4-7H,9H2,1-3H3,(H,19,20). The van der Waals surface area contributed by atoms with Gasteiger partial charge in [0.05, 0.1) is 11.6 Å². The first kappa shape index (κ1) is 14.0. The molecule has 0 spiro atoms. The molecule has 1 heterocycles. The van der Waals surface area contributed by atoms with Crippen molar-refractivity contribution in [3.8, 4) is 6.07 Å². The first-order valence-electron chi connectivity index (χ1n) is 6.38. The van der Waals surface area contributed by atoms with Crippen LogP contribution in [0.5, 0.6) is 0 Å². The maximum absolute atomic E-state index is 13.6. The zero-order valence-electron chi connectivity index (χ0n) is 11.8. The molecular weight excluding hydrogens is 253 g/mol. The monoisotopic (exact) mass is 269 g/mol. The lowest BCUT2D eigenvalue weighted by molar-refractivity contribution is 0.608. The van der Waals surface area contributed by atoms with Gasteiger partial charge in [-0.15, -0.1) is 0 Å². The van der Waals surface area contributed by atoms with E-state index in [1.807, 2.05) is 19.1 Å². The number of anilines is 1. The van der Waals surface area contributed by atoms with Crippen LogP contribution in [0, 0.1) is 37.9 Å². The Hall–Kier alpha value is -2.41. The Morgan fingerprint density at radius 1 is 1.15 bits per heavy atom. The van der Waals surface area contributed by atoms with Gasteiger partial charge in [-0.2, -0.15) is 5.26 Å². The lowest BCUT2D eigenvalue weighted by Gasteiger charge is -2.09. The summed E-state index contributed by atoms with van der Waals surface area (Å²) >= 11 is 0. The van der Waals surface area contributed by atoms with Crippen LogP contribution < -0.4 is 5.32 Å². The summed E-state index contributed by atoms with van der Waals surface area (Å²) in [5.41, 5.74) is 3.63. The number of pyridine rings is 1. The highest BCUT2D eigenvalue weighted by atomic mass is 19.1. The number of aryl methyl sites for hydroxylation is 3. The molecule has 0 aliphatic heterocycles. The molecule has 0 unspecified atom stereocenters. The van der Waals surface area contributed by atoms with Gasteiger partial charge >= 0.3 is 0 Å². The van der Waals surface area contributed by atoms with Crippen molar-refractivity contribution in [1.82, 2.24) is 4.98 Å². The van der Waals surface area contributed by atoms with Crippen LogP contribution in [0.25, 0.3) is 0 Å². The third-order valence-electron chi connectivity index (χ3n) is 3.05. The fourth-order valence-electron chi connectivity index (χ4n) is 2.15. The molecule has 1 N–H and O–H groups in total. The van der Waals surface area contributed by atoms with Gasteiger partial charge in [0.2, 0.25) is 0 Å². The lowest BCUT2D eigenvalue weighted by Crippen LogP contribution is -2.04. The van der Waals surface area contributed by atoms with Crippen molar-refractivity contribution in [2.75, 3.05) is 5.32 Å². The highest BCUT2D eigenvalue weighted by Gasteiger charge is 2.05. The summed E-state index contributed by atoms with van der Waals surface area (Å²) in [7, 11) is 0. The van der Waals surface area contributed by atoms with Crippen molar-refractivity contribution >= 4 is 5.82 Å². The van der Waals surface area contributed by atoms with Crippen molar-refractivity contribution in [2.45, 2.75) is 27.3 Å². The molecule has 0 fully saturated rings. The molecule has 0 aliphatic rings. The molecule has 3 nitrogen and oxygen atoms in total. The predicted molar refractivity (Wildman–Crippen MR) is 76.9 cm³/mol. The predicted octanol–water partition coefficient (Wildman–Crippen LogP) is 3.63. The van der Waals surface area contributed by atoms with Crippen LogP contribution in [0.1, 0.15) is 27.9 Å². The number of nitrogens with one attached hydrogen (secondary N) is 1. The van der Waals surface area contributed by atoms with Gasteiger partial charge < -0.3 is 5.32 Å². The number of nitrogens with zero attached hydrogens (tertiary/aromatic N) is 2. The molecule has 0 radical (unpaired) electrons. The Bertz CT molecular complexity index is 664.